The van der Waals surface area contributed by atoms with Gasteiger partial charge in [-0.15, -0.1) is 32.9 Å². The molecule has 0 saturated carbocycles. The molecule has 25 heteroatoms. The number of imidazole rings is 2. The fraction of sp³-hybridized carbons (Fsp3) is 0.453. The topological polar surface area (TPSA) is 288 Å². The van der Waals surface area contributed by atoms with Crippen molar-refractivity contribution < 1.29 is 38.2 Å². The molecule has 0 spiro atoms. The van der Waals surface area contributed by atoms with Crippen molar-refractivity contribution in [2.75, 3.05) is 50.5 Å². The molecule has 7 heterocycles. The van der Waals surface area contributed by atoms with E-state index < -0.39 is 17.4 Å². The molecule has 0 atom stereocenters. The predicted octanol–water partition coefficient (Wildman–Crippen LogP) is 7.00. The lowest BCUT2D eigenvalue weighted by Crippen LogP contribution is -2.42. The summed E-state index contributed by atoms with van der Waals surface area (Å²) < 4.78 is 23.6. The minimum Gasteiger partial charge on any atom is -0.494 e. The summed E-state index contributed by atoms with van der Waals surface area (Å²) in [6, 6.07) is 6.26. The number of allylic oxidation sites excluding steroid dienone is 2. The zero-order valence-electron chi connectivity index (χ0n) is 45.1. The Kier molecular flexibility index (Phi) is 16.3. The summed E-state index contributed by atoms with van der Waals surface area (Å²) in [7, 11) is 1.47. The molecular formula is C53H65N15O8S2. The zero-order chi connectivity index (χ0) is 55.6. The van der Waals surface area contributed by atoms with Crippen LogP contribution in [-0.2, 0) is 43.8 Å². The van der Waals surface area contributed by atoms with Crippen LogP contribution in [0.5, 0.6) is 11.5 Å². The maximum Gasteiger partial charge on any atom is 0.410 e. The molecule has 0 bridgehead atoms. The minimum absolute atomic E-state index is 0.157. The van der Waals surface area contributed by atoms with Gasteiger partial charge in [0.25, 0.3) is 11.8 Å². The fourth-order valence-electron chi connectivity index (χ4n) is 9.86. The monoisotopic (exact) mass is 1100 g/mol. The van der Waals surface area contributed by atoms with Crippen molar-refractivity contribution in [2.24, 2.45) is 11.5 Å². The Labute approximate surface area is 458 Å². The number of aryl methyl sites for hydroxylation is 4. The number of hydrogen-bond donors (Lipinski definition) is 4. The Balaban J connectivity index is 0.949. The number of aromatic nitrogens is 9. The van der Waals surface area contributed by atoms with Gasteiger partial charge in [-0.05, 0) is 104 Å². The molecule has 5 amide bonds. The highest BCUT2D eigenvalue weighted by atomic mass is 32.1. The van der Waals surface area contributed by atoms with E-state index in [0.717, 1.165) is 54.1 Å². The van der Waals surface area contributed by atoms with Gasteiger partial charge in [-0.3, -0.25) is 34.7 Å². The van der Waals surface area contributed by atoms with E-state index in [1.54, 1.807) is 32.2 Å². The molecule has 78 heavy (non-hydrogen) atoms. The molecule has 23 nitrogen and oxygen atoms in total. The highest BCUT2D eigenvalue weighted by molar-refractivity contribution is 7.14. The molecule has 1 saturated heterocycles. The van der Waals surface area contributed by atoms with Gasteiger partial charge in [0.1, 0.15) is 43.7 Å². The average molecular weight is 1100 g/mol. The van der Waals surface area contributed by atoms with Crippen LogP contribution in [0.1, 0.15) is 133 Å². The predicted molar refractivity (Wildman–Crippen MR) is 296 cm³/mol. The van der Waals surface area contributed by atoms with Gasteiger partial charge in [0.2, 0.25) is 23.7 Å². The molecule has 2 aliphatic heterocycles. The Bertz CT molecular complexity index is 3460. The van der Waals surface area contributed by atoms with Crippen LogP contribution in [0.4, 0.5) is 16.7 Å². The zero-order valence-corrected chi connectivity index (χ0v) is 46.7. The van der Waals surface area contributed by atoms with Crippen LogP contribution in [0.25, 0.3) is 22.1 Å². The number of fused-ring (bicyclic) bond motifs is 3. The van der Waals surface area contributed by atoms with Crippen molar-refractivity contribution in [3.05, 3.63) is 90.4 Å². The molecule has 412 valence electrons. The average Bonchev–Trinajstić information content (AvgIpc) is 4.37. The third-order valence-electron chi connectivity index (χ3n) is 13.5. The smallest absolute Gasteiger partial charge is 0.410 e. The summed E-state index contributed by atoms with van der Waals surface area (Å²) >= 11 is 2.58. The van der Waals surface area contributed by atoms with Crippen molar-refractivity contribution >= 4 is 86.4 Å². The number of carbonyl (C=O) groups excluding carboxylic acids is 5. The summed E-state index contributed by atoms with van der Waals surface area (Å²) in [4.78, 5) is 89.5. The number of benzene rings is 2. The number of carbonyl (C=O) groups is 5. The molecule has 0 aliphatic carbocycles. The van der Waals surface area contributed by atoms with Crippen molar-refractivity contribution in [1.29, 1.82) is 0 Å². The van der Waals surface area contributed by atoms with E-state index in [2.05, 4.69) is 40.3 Å². The molecule has 7 aromatic rings. The van der Waals surface area contributed by atoms with Crippen LogP contribution in [0.2, 0.25) is 0 Å². The van der Waals surface area contributed by atoms with Gasteiger partial charge in [-0.2, -0.15) is 0 Å². The summed E-state index contributed by atoms with van der Waals surface area (Å²) in [5.74, 6) is 0.926. The van der Waals surface area contributed by atoms with Crippen LogP contribution in [0.15, 0.2) is 36.4 Å². The van der Waals surface area contributed by atoms with Crippen LogP contribution in [-0.4, -0.2) is 129 Å². The number of ether oxygens (including phenoxy) is 3. The van der Waals surface area contributed by atoms with Crippen LogP contribution >= 0.6 is 22.7 Å². The minimum atomic E-state index is -0.670. The first-order chi connectivity index (χ1) is 37.3. The number of primary amides is 2. The lowest BCUT2D eigenvalue weighted by molar-refractivity contribution is 0.0193. The summed E-state index contributed by atoms with van der Waals surface area (Å²) in [6.07, 6.45) is 6.97. The molecule has 2 aliphatic rings. The number of anilines is 2. The Morgan fingerprint density at radius 1 is 0.744 bits per heavy atom. The number of hydrogen-bond acceptors (Lipinski definition) is 17. The van der Waals surface area contributed by atoms with Crippen LogP contribution in [0, 0.1) is 13.8 Å². The van der Waals surface area contributed by atoms with Gasteiger partial charge in [0.05, 0.1) is 52.7 Å². The highest BCUT2D eigenvalue weighted by Crippen LogP contribution is 2.35. The standard InChI is InChI=1S/C53H65N15O8S2/c1-9-34-43(77-29(3)56-34)48(71)60-50-58-36-24-32(45(54)69)26-38(74-8)41(36)67(50)17-11-12-18-68-42-37(59-51(68)61-49(72)44-35(10-2)57-30(4)78-44)25-33(46(55)70)27-39(42)75-23-13-16-64-19-14-31(15-20-64)47-63-62-40-28-65(21-22-66(40)47)52(73)76-53(5,6)7/h11-12,24-27,31H,9-10,13-23,28H2,1-8H3,(H2,54,69)(H2,55,70)(H,58,60,71)(H,59,61,72)/b12-11+. The van der Waals surface area contributed by atoms with E-state index >= 15 is 0 Å². The number of thiazole rings is 2. The first kappa shape index (κ1) is 55.0. The summed E-state index contributed by atoms with van der Waals surface area (Å²) in [5, 5.41) is 16.6. The lowest BCUT2D eigenvalue weighted by atomic mass is 9.95. The quantitative estimate of drug-likeness (QED) is 0.0468. The van der Waals surface area contributed by atoms with Crippen molar-refractivity contribution in [2.45, 2.75) is 118 Å². The second-order valence-corrected chi connectivity index (χ2v) is 22.6. The third-order valence-corrected chi connectivity index (χ3v) is 15.6. The number of rotatable bonds is 19. The third kappa shape index (κ3) is 11.9. The normalized spacial score (nSPS) is 14.3. The van der Waals surface area contributed by atoms with Crippen molar-refractivity contribution in [3.8, 4) is 11.5 Å². The lowest BCUT2D eigenvalue weighted by Gasteiger charge is -2.33. The number of methoxy groups -OCH3 is 1. The Morgan fingerprint density at radius 2 is 1.28 bits per heavy atom. The maximum absolute atomic E-state index is 14.1. The fourth-order valence-corrected chi connectivity index (χ4v) is 11.7. The van der Waals surface area contributed by atoms with Gasteiger partial charge in [0, 0.05) is 49.8 Å². The Hall–Kier alpha value is -7.77. The Morgan fingerprint density at radius 3 is 1.79 bits per heavy atom. The van der Waals surface area contributed by atoms with Crippen molar-refractivity contribution in [1.82, 2.24) is 53.6 Å². The van der Waals surface area contributed by atoms with E-state index in [1.165, 1.54) is 35.8 Å². The second kappa shape index (κ2) is 23.1. The number of likely N-dealkylation sites (tertiary alicyclic amines) is 1. The van der Waals surface area contributed by atoms with E-state index in [9.17, 15) is 24.0 Å². The molecule has 0 unspecified atom stereocenters. The number of nitrogens with zero attached hydrogens (tertiary/aromatic N) is 11. The SMILES string of the molecule is CCc1nc(C)sc1C(=O)Nc1nc2cc(C(N)=O)cc(OC)c2n1C/C=C/Cn1c(NC(=O)c2sc(C)nc2CC)nc2cc(C(N)=O)cc(OCCCN3CCC(c4nnc5n4CCN(C(=O)OC(C)(C)C)C5)CC3)c21. The molecular weight excluding hydrogens is 1040 g/mol. The van der Waals surface area contributed by atoms with E-state index in [1.807, 2.05) is 60.6 Å². The van der Waals surface area contributed by atoms with E-state index in [-0.39, 0.29) is 59.9 Å². The molecule has 1 fully saturated rings. The van der Waals surface area contributed by atoms with Gasteiger partial charge >= 0.3 is 6.09 Å². The van der Waals surface area contributed by atoms with Gasteiger partial charge in [0.15, 0.2) is 5.82 Å². The summed E-state index contributed by atoms with van der Waals surface area (Å²) in [5.41, 5.74) is 14.5. The molecule has 6 N–H and O–H groups in total. The molecule has 9 rings (SSSR count). The van der Waals surface area contributed by atoms with E-state index in [4.69, 9.17) is 35.6 Å². The number of nitrogens with two attached hydrogens (primary N) is 2. The van der Waals surface area contributed by atoms with Crippen molar-refractivity contribution in [3.63, 3.8) is 0 Å². The first-order valence-electron chi connectivity index (χ1n) is 26.0. The summed E-state index contributed by atoms with van der Waals surface area (Å²) in [6.45, 7) is 17.7. The van der Waals surface area contributed by atoms with Crippen LogP contribution in [0.3, 0.4) is 0 Å². The maximum atomic E-state index is 14.1. The number of amides is 5. The van der Waals surface area contributed by atoms with Gasteiger partial charge in [-0.1, -0.05) is 26.0 Å². The number of nitrogens with one attached hydrogen (secondary N) is 2. The highest BCUT2D eigenvalue weighted by Gasteiger charge is 2.32. The largest absolute Gasteiger partial charge is 0.494 e. The van der Waals surface area contributed by atoms with E-state index in [0.29, 0.717) is 100 Å². The van der Waals surface area contributed by atoms with Gasteiger partial charge < -0.3 is 44.3 Å². The molecule has 2 aromatic carbocycles. The first-order valence-corrected chi connectivity index (χ1v) is 27.6. The second-order valence-electron chi connectivity index (χ2n) is 20.2. The van der Waals surface area contributed by atoms with Crippen LogP contribution < -0.4 is 31.6 Å². The molecule has 0 radical (unpaired) electrons. The van der Waals surface area contributed by atoms with Gasteiger partial charge in [-0.25, -0.2) is 24.7 Å². The number of piperidine rings is 1. The molecule has 5 aromatic heterocycles.